The lowest BCUT2D eigenvalue weighted by Crippen LogP contribution is -2.51. The molecule has 2 fully saturated rings. The van der Waals surface area contributed by atoms with Crippen molar-refractivity contribution in [2.45, 2.75) is 12.5 Å². The Morgan fingerprint density at radius 3 is 2.43 bits per heavy atom. The van der Waals surface area contributed by atoms with Crippen molar-refractivity contribution in [1.29, 1.82) is 0 Å². The number of carbonyl (C=O) groups is 1. The van der Waals surface area contributed by atoms with Gasteiger partial charge in [-0.2, -0.15) is 0 Å². The van der Waals surface area contributed by atoms with Gasteiger partial charge in [0.2, 0.25) is 5.91 Å². The molecule has 1 atom stereocenters. The van der Waals surface area contributed by atoms with Crippen molar-refractivity contribution in [2.75, 3.05) is 49.1 Å². The molecule has 0 bridgehead atoms. The molecule has 1 aromatic rings. The summed E-state index contributed by atoms with van der Waals surface area (Å²) < 4.78 is 22.8. The maximum absolute atomic E-state index is 12.3. The minimum absolute atomic E-state index is 0.0574. The third-order valence-electron chi connectivity index (χ3n) is 4.53. The van der Waals surface area contributed by atoms with Gasteiger partial charge in [0, 0.05) is 37.9 Å². The normalized spacial score (nSPS) is 23.9. The molecule has 0 aromatic heterocycles. The standard InChI is InChI=1S/C16H23N3O3S/c20-16(12-17-14-6-11-23(21,22)13-14)19-9-7-18(8-10-19)15-4-2-1-3-5-15/h1-5,14,17H,6-13H2. The first-order chi connectivity index (χ1) is 11.0. The van der Waals surface area contributed by atoms with E-state index in [-0.39, 0.29) is 30.0 Å². The van der Waals surface area contributed by atoms with Crippen LogP contribution in [0.25, 0.3) is 0 Å². The Kier molecular flexibility index (Phi) is 4.87. The number of para-hydroxylation sites is 1. The van der Waals surface area contributed by atoms with Crippen LogP contribution in [0, 0.1) is 0 Å². The molecule has 1 N–H and O–H groups in total. The number of hydrogen-bond donors (Lipinski definition) is 1. The molecule has 1 aromatic carbocycles. The predicted molar refractivity (Wildman–Crippen MR) is 90.3 cm³/mol. The molecule has 2 aliphatic rings. The zero-order chi connectivity index (χ0) is 16.3. The van der Waals surface area contributed by atoms with Crippen LogP contribution in [0.2, 0.25) is 0 Å². The van der Waals surface area contributed by atoms with Crippen LogP contribution in [0.5, 0.6) is 0 Å². The maximum atomic E-state index is 12.3. The average Bonchev–Trinajstić information content (AvgIpc) is 2.93. The Morgan fingerprint density at radius 1 is 1.13 bits per heavy atom. The molecule has 0 spiro atoms. The minimum atomic E-state index is -2.90. The van der Waals surface area contributed by atoms with Gasteiger partial charge in [-0.25, -0.2) is 8.42 Å². The van der Waals surface area contributed by atoms with E-state index in [1.165, 1.54) is 5.69 Å². The zero-order valence-corrected chi connectivity index (χ0v) is 14.0. The summed E-state index contributed by atoms with van der Waals surface area (Å²) in [4.78, 5) is 16.4. The van der Waals surface area contributed by atoms with Gasteiger partial charge in [-0.3, -0.25) is 4.79 Å². The van der Waals surface area contributed by atoms with Crippen molar-refractivity contribution < 1.29 is 13.2 Å². The van der Waals surface area contributed by atoms with Crippen LogP contribution in [0.3, 0.4) is 0 Å². The van der Waals surface area contributed by atoms with Gasteiger partial charge in [-0.05, 0) is 18.6 Å². The van der Waals surface area contributed by atoms with Gasteiger partial charge in [-0.15, -0.1) is 0 Å². The number of sulfone groups is 1. The van der Waals surface area contributed by atoms with E-state index in [1.54, 1.807) is 0 Å². The summed E-state index contributed by atoms with van der Waals surface area (Å²) in [5, 5.41) is 3.09. The fourth-order valence-electron chi connectivity index (χ4n) is 3.15. The molecule has 2 heterocycles. The van der Waals surface area contributed by atoms with Crippen LogP contribution >= 0.6 is 0 Å². The summed E-state index contributed by atoms with van der Waals surface area (Å²) >= 11 is 0. The summed E-state index contributed by atoms with van der Waals surface area (Å²) in [7, 11) is -2.90. The van der Waals surface area contributed by atoms with E-state index >= 15 is 0 Å². The van der Waals surface area contributed by atoms with Crippen molar-refractivity contribution in [2.24, 2.45) is 0 Å². The zero-order valence-electron chi connectivity index (χ0n) is 13.1. The first-order valence-electron chi connectivity index (χ1n) is 8.05. The fraction of sp³-hybridized carbons (Fsp3) is 0.562. The Morgan fingerprint density at radius 2 is 1.83 bits per heavy atom. The highest BCUT2D eigenvalue weighted by Gasteiger charge is 2.28. The number of anilines is 1. The smallest absolute Gasteiger partial charge is 0.236 e. The van der Waals surface area contributed by atoms with Gasteiger partial charge in [0.1, 0.15) is 0 Å². The molecular weight excluding hydrogens is 314 g/mol. The SMILES string of the molecule is O=C(CNC1CCS(=O)(=O)C1)N1CCN(c2ccccc2)CC1. The number of nitrogens with one attached hydrogen (secondary N) is 1. The first kappa shape index (κ1) is 16.3. The second-order valence-corrected chi connectivity index (χ2v) is 8.41. The van der Waals surface area contributed by atoms with E-state index in [4.69, 9.17) is 0 Å². The predicted octanol–water partition coefficient (Wildman–Crippen LogP) is 0.112. The molecule has 2 saturated heterocycles. The lowest BCUT2D eigenvalue weighted by molar-refractivity contribution is -0.130. The molecule has 23 heavy (non-hydrogen) atoms. The minimum Gasteiger partial charge on any atom is -0.368 e. The highest BCUT2D eigenvalue weighted by molar-refractivity contribution is 7.91. The third kappa shape index (κ3) is 4.23. The van der Waals surface area contributed by atoms with Gasteiger partial charge in [0.25, 0.3) is 0 Å². The van der Waals surface area contributed by atoms with Crippen molar-refractivity contribution in [3.8, 4) is 0 Å². The molecule has 2 aliphatic heterocycles. The molecular formula is C16H23N3O3S. The van der Waals surface area contributed by atoms with Crippen LogP contribution in [0.1, 0.15) is 6.42 Å². The molecule has 0 radical (unpaired) electrons. The number of amides is 1. The van der Waals surface area contributed by atoms with E-state index in [0.29, 0.717) is 19.5 Å². The Balaban J connectivity index is 1.43. The molecule has 3 rings (SSSR count). The van der Waals surface area contributed by atoms with Gasteiger partial charge in [-0.1, -0.05) is 18.2 Å². The highest BCUT2D eigenvalue weighted by Crippen LogP contribution is 2.15. The number of hydrogen-bond acceptors (Lipinski definition) is 5. The molecule has 0 aliphatic carbocycles. The van der Waals surface area contributed by atoms with Crippen molar-refractivity contribution in [3.05, 3.63) is 30.3 Å². The van der Waals surface area contributed by atoms with E-state index < -0.39 is 9.84 Å². The van der Waals surface area contributed by atoms with Gasteiger partial charge >= 0.3 is 0 Å². The number of rotatable bonds is 4. The Hall–Kier alpha value is -1.60. The summed E-state index contributed by atoms with van der Waals surface area (Å²) in [6, 6.07) is 10.1. The van der Waals surface area contributed by atoms with Crippen LogP contribution in [-0.4, -0.2) is 69.5 Å². The quantitative estimate of drug-likeness (QED) is 0.845. The number of nitrogens with zero attached hydrogens (tertiary/aromatic N) is 2. The molecule has 1 amide bonds. The van der Waals surface area contributed by atoms with E-state index in [1.807, 2.05) is 23.1 Å². The molecule has 6 nitrogen and oxygen atoms in total. The third-order valence-corrected chi connectivity index (χ3v) is 6.30. The van der Waals surface area contributed by atoms with Crippen LogP contribution in [0.4, 0.5) is 5.69 Å². The van der Waals surface area contributed by atoms with E-state index in [2.05, 4.69) is 22.3 Å². The van der Waals surface area contributed by atoms with Crippen molar-refractivity contribution in [1.82, 2.24) is 10.2 Å². The summed E-state index contributed by atoms with van der Waals surface area (Å²) in [5.74, 6) is 0.443. The van der Waals surface area contributed by atoms with E-state index in [9.17, 15) is 13.2 Å². The molecule has 0 saturated carbocycles. The lowest BCUT2D eigenvalue weighted by Gasteiger charge is -2.36. The molecule has 126 valence electrons. The summed E-state index contributed by atoms with van der Waals surface area (Å²) in [6.45, 7) is 3.30. The van der Waals surface area contributed by atoms with Crippen LogP contribution < -0.4 is 10.2 Å². The Labute approximate surface area is 137 Å². The first-order valence-corrected chi connectivity index (χ1v) is 9.87. The monoisotopic (exact) mass is 337 g/mol. The number of piperazine rings is 1. The van der Waals surface area contributed by atoms with E-state index in [0.717, 1.165) is 13.1 Å². The van der Waals surface area contributed by atoms with Gasteiger partial charge < -0.3 is 15.1 Å². The second-order valence-electron chi connectivity index (χ2n) is 6.18. The van der Waals surface area contributed by atoms with Crippen molar-refractivity contribution >= 4 is 21.4 Å². The largest absolute Gasteiger partial charge is 0.368 e. The topological polar surface area (TPSA) is 69.7 Å². The second kappa shape index (κ2) is 6.88. The molecule has 1 unspecified atom stereocenters. The average molecular weight is 337 g/mol. The lowest BCUT2D eigenvalue weighted by atomic mass is 10.2. The van der Waals surface area contributed by atoms with Crippen LogP contribution in [0.15, 0.2) is 30.3 Å². The number of benzene rings is 1. The summed E-state index contributed by atoms with van der Waals surface area (Å²) in [5.41, 5.74) is 1.19. The van der Waals surface area contributed by atoms with Gasteiger partial charge in [0.05, 0.1) is 18.1 Å². The van der Waals surface area contributed by atoms with Crippen molar-refractivity contribution in [3.63, 3.8) is 0 Å². The van der Waals surface area contributed by atoms with Crippen LogP contribution in [-0.2, 0) is 14.6 Å². The number of carbonyl (C=O) groups excluding carboxylic acids is 1. The fourth-order valence-corrected chi connectivity index (χ4v) is 4.86. The highest BCUT2D eigenvalue weighted by atomic mass is 32.2. The molecule has 7 heteroatoms. The Bertz CT molecular complexity index is 640. The maximum Gasteiger partial charge on any atom is 0.236 e. The van der Waals surface area contributed by atoms with Gasteiger partial charge in [0.15, 0.2) is 9.84 Å². The summed E-state index contributed by atoms with van der Waals surface area (Å²) in [6.07, 6.45) is 0.609.